The third kappa shape index (κ3) is 3.23. The van der Waals surface area contributed by atoms with Gasteiger partial charge >= 0.3 is 0 Å². The summed E-state index contributed by atoms with van der Waals surface area (Å²) in [5.41, 5.74) is 7.94. The first-order chi connectivity index (χ1) is 8.56. The maximum atomic E-state index is 5.81. The molecule has 0 atom stereocenters. The van der Waals surface area contributed by atoms with Crippen molar-refractivity contribution in [1.82, 2.24) is 9.97 Å². The second-order valence-electron chi connectivity index (χ2n) is 4.03. The Hall–Kier alpha value is -1.07. The highest BCUT2D eigenvalue weighted by Crippen LogP contribution is 2.25. The number of rotatable bonds is 3. The van der Waals surface area contributed by atoms with Gasteiger partial charge in [-0.2, -0.15) is 0 Å². The molecule has 0 fully saturated rings. The number of halogens is 1. The highest BCUT2D eigenvalue weighted by atomic mass is 79.9. The summed E-state index contributed by atoms with van der Waals surface area (Å²) in [6.07, 6.45) is 0. The van der Waals surface area contributed by atoms with E-state index in [4.69, 9.17) is 5.73 Å². The molecule has 5 heteroatoms. The van der Waals surface area contributed by atoms with Gasteiger partial charge in [-0.25, -0.2) is 9.97 Å². The van der Waals surface area contributed by atoms with Gasteiger partial charge in [-0.05, 0) is 41.9 Å². The molecule has 2 N–H and O–H groups in total. The quantitative estimate of drug-likeness (QED) is 0.874. The lowest BCUT2D eigenvalue weighted by Crippen LogP contribution is -2.02. The normalized spacial score (nSPS) is 10.6. The van der Waals surface area contributed by atoms with E-state index in [1.165, 1.54) is 10.5 Å². The Morgan fingerprint density at radius 3 is 2.72 bits per heavy atom. The van der Waals surface area contributed by atoms with Gasteiger partial charge in [0.05, 0.1) is 15.9 Å². The van der Waals surface area contributed by atoms with Crippen LogP contribution in [0, 0.1) is 13.8 Å². The molecule has 1 aromatic carbocycles. The van der Waals surface area contributed by atoms with Gasteiger partial charge < -0.3 is 5.73 Å². The van der Waals surface area contributed by atoms with E-state index in [0.29, 0.717) is 5.82 Å². The standard InChI is InChI=1S/C13H14BrN3S/c1-8-4-3-5-10(6-8)18-7-11-16-9(2)12(14)13(15)17-11/h3-6H,7H2,1-2H3,(H2,15,16,17). The minimum atomic E-state index is 0.502. The molecule has 1 heterocycles. The van der Waals surface area contributed by atoms with Crippen LogP contribution in [0.15, 0.2) is 33.6 Å². The maximum absolute atomic E-state index is 5.81. The summed E-state index contributed by atoms with van der Waals surface area (Å²) in [7, 11) is 0. The zero-order valence-electron chi connectivity index (χ0n) is 10.3. The first kappa shape index (κ1) is 13.4. The Morgan fingerprint density at radius 2 is 2.06 bits per heavy atom. The number of aryl methyl sites for hydroxylation is 2. The van der Waals surface area contributed by atoms with Gasteiger partial charge in [-0.3, -0.25) is 0 Å². The number of hydrogen-bond donors (Lipinski definition) is 1. The minimum Gasteiger partial charge on any atom is -0.383 e. The molecule has 2 aromatic rings. The number of nitrogens with two attached hydrogens (primary N) is 1. The van der Waals surface area contributed by atoms with E-state index in [9.17, 15) is 0 Å². The average Bonchev–Trinajstić information content (AvgIpc) is 2.33. The van der Waals surface area contributed by atoms with Gasteiger partial charge in [-0.15, -0.1) is 11.8 Å². The molecule has 0 saturated heterocycles. The van der Waals surface area contributed by atoms with E-state index in [0.717, 1.165) is 21.7 Å². The molecule has 0 aliphatic rings. The van der Waals surface area contributed by atoms with Crippen LogP contribution in [0.5, 0.6) is 0 Å². The van der Waals surface area contributed by atoms with Crippen LogP contribution in [0.4, 0.5) is 5.82 Å². The fourth-order valence-corrected chi connectivity index (χ4v) is 2.60. The Bertz CT molecular complexity index is 549. The molecule has 3 nitrogen and oxygen atoms in total. The molecule has 94 valence electrons. The van der Waals surface area contributed by atoms with Gasteiger partial charge in [-0.1, -0.05) is 17.7 Å². The van der Waals surface area contributed by atoms with E-state index in [-0.39, 0.29) is 0 Å². The van der Waals surface area contributed by atoms with Crippen molar-refractivity contribution >= 4 is 33.5 Å². The van der Waals surface area contributed by atoms with Crippen molar-refractivity contribution in [3.63, 3.8) is 0 Å². The molecule has 0 aliphatic heterocycles. The van der Waals surface area contributed by atoms with E-state index in [1.54, 1.807) is 11.8 Å². The molecule has 18 heavy (non-hydrogen) atoms. The fraction of sp³-hybridized carbons (Fsp3) is 0.231. The molecule has 0 aliphatic carbocycles. The van der Waals surface area contributed by atoms with Crippen LogP contribution >= 0.6 is 27.7 Å². The largest absolute Gasteiger partial charge is 0.383 e. The maximum Gasteiger partial charge on any atom is 0.141 e. The van der Waals surface area contributed by atoms with Gasteiger partial charge in [0.2, 0.25) is 0 Å². The van der Waals surface area contributed by atoms with Crippen molar-refractivity contribution in [1.29, 1.82) is 0 Å². The molecule has 1 aromatic heterocycles. The van der Waals surface area contributed by atoms with Crippen molar-refractivity contribution in [3.05, 3.63) is 45.8 Å². The van der Waals surface area contributed by atoms with Crippen molar-refractivity contribution in [2.45, 2.75) is 24.5 Å². The van der Waals surface area contributed by atoms with E-state index >= 15 is 0 Å². The Kier molecular flexibility index (Phi) is 4.24. The molecule has 2 rings (SSSR count). The highest BCUT2D eigenvalue weighted by molar-refractivity contribution is 9.10. The van der Waals surface area contributed by atoms with E-state index in [1.807, 2.05) is 6.92 Å². The van der Waals surface area contributed by atoms with Crippen molar-refractivity contribution in [3.8, 4) is 0 Å². The number of thioether (sulfide) groups is 1. The molecule has 0 radical (unpaired) electrons. The van der Waals surface area contributed by atoms with E-state index < -0.39 is 0 Å². The summed E-state index contributed by atoms with van der Waals surface area (Å²) in [6, 6.07) is 8.38. The van der Waals surface area contributed by atoms with Crippen LogP contribution < -0.4 is 5.73 Å². The number of hydrogen-bond acceptors (Lipinski definition) is 4. The summed E-state index contributed by atoms with van der Waals surface area (Å²) >= 11 is 5.08. The smallest absolute Gasteiger partial charge is 0.141 e. The van der Waals surface area contributed by atoms with Crippen molar-refractivity contribution in [2.24, 2.45) is 0 Å². The zero-order chi connectivity index (χ0) is 13.1. The molecule has 0 spiro atoms. The SMILES string of the molecule is Cc1cccc(SCc2nc(C)c(Br)c(N)n2)c1. The van der Waals surface area contributed by atoms with Gasteiger partial charge in [0.15, 0.2) is 0 Å². The van der Waals surface area contributed by atoms with Crippen molar-refractivity contribution in [2.75, 3.05) is 5.73 Å². The number of aromatic nitrogens is 2. The van der Waals surface area contributed by atoms with Crippen LogP contribution in [0.3, 0.4) is 0 Å². The molecule has 0 bridgehead atoms. The zero-order valence-corrected chi connectivity index (χ0v) is 12.7. The fourth-order valence-electron chi connectivity index (χ4n) is 1.56. The number of anilines is 1. The monoisotopic (exact) mass is 323 g/mol. The lowest BCUT2D eigenvalue weighted by atomic mass is 10.2. The molecular formula is C13H14BrN3S. The van der Waals surface area contributed by atoms with Crippen LogP contribution in [0.2, 0.25) is 0 Å². The summed E-state index contributed by atoms with van der Waals surface area (Å²) in [5, 5.41) is 0. The predicted octanol–water partition coefficient (Wildman–Crippen LogP) is 3.73. The lowest BCUT2D eigenvalue weighted by Gasteiger charge is -2.06. The van der Waals surface area contributed by atoms with E-state index in [2.05, 4.69) is 57.1 Å². The highest BCUT2D eigenvalue weighted by Gasteiger charge is 2.07. The van der Waals surface area contributed by atoms with Gasteiger partial charge in [0.25, 0.3) is 0 Å². The third-order valence-corrected chi connectivity index (χ3v) is 4.42. The number of benzene rings is 1. The summed E-state index contributed by atoms with van der Waals surface area (Å²) in [4.78, 5) is 9.90. The third-order valence-electron chi connectivity index (χ3n) is 2.45. The Balaban J connectivity index is 2.11. The molecule has 0 saturated carbocycles. The molecule has 0 unspecified atom stereocenters. The molecule has 0 amide bonds. The van der Waals surface area contributed by atoms with Crippen LogP contribution in [0.1, 0.15) is 17.1 Å². The van der Waals surface area contributed by atoms with Crippen LogP contribution in [-0.2, 0) is 5.75 Å². The Labute approximate surface area is 119 Å². The van der Waals surface area contributed by atoms with Crippen molar-refractivity contribution < 1.29 is 0 Å². The lowest BCUT2D eigenvalue weighted by molar-refractivity contribution is 0.992. The topological polar surface area (TPSA) is 51.8 Å². The second kappa shape index (κ2) is 5.71. The average molecular weight is 324 g/mol. The van der Waals surface area contributed by atoms with Gasteiger partial charge in [0.1, 0.15) is 11.6 Å². The summed E-state index contributed by atoms with van der Waals surface area (Å²) in [5.74, 6) is 1.99. The van der Waals surface area contributed by atoms with Crippen LogP contribution in [-0.4, -0.2) is 9.97 Å². The Morgan fingerprint density at radius 1 is 1.28 bits per heavy atom. The number of nitrogen functional groups attached to an aromatic ring is 1. The first-order valence-corrected chi connectivity index (χ1v) is 7.32. The first-order valence-electron chi connectivity index (χ1n) is 5.54. The second-order valence-corrected chi connectivity index (χ2v) is 5.87. The summed E-state index contributed by atoms with van der Waals surface area (Å²) in [6.45, 7) is 4.01. The summed E-state index contributed by atoms with van der Waals surface area (Å²) < 4.78 is 0.784. The predicted molar refractivity (Wildman–Crippen MR) is 79.6 cm³/mol. The number of nitrogens with zero attached hydrogens (tertiary/aromatic N) is 2. The molecular weight excluding hydrogens is 310 g/mol. The van der Waals surface area contributed by atoms with Gasteiger partial charge in [0, 0.05) is 4.90 Å². The minimum absolute atomic E-state index is 0.502. The van der Waals surface area contributed by atoms with Crippen LogP contribution in [0.25, 0.3) is 0 Å².